The zero-order chi connectivity index (χ0) is 25.7. The van der Waals surface area contributed by atoms with E-state index in [1.807, 2.05) is 0 Å². The Kier molecular flexibility index (Phi) is 27.4. The maximum atomic E-state index is 11.8. The average Bonchev–Trinajstić information content (AvgIpc) is 2.84. The first kappa shape index (κ1) is 33.4. The van der Waals surface area contributed by atoms with Gasteiger partial charge in [-0.05, 0) is 51.4 Å². The van der Waals surface area contributed by atoms with Crippen LogP contribution in [-0.4, -0.2) is 23.7 Å². The van der Waals surface area contributed by atoms with Gasteiger partial charge in [0.05, 0.1) is 6.61 Å². The van der Waals surface area contributed by atoms with E-state index in [2.05, 4.69) is 31.2 Å². The molecule has 0 aliphatic heterocycles. The molecule has 4 nitrogen and oxygen atoms in total. The number of carboxylic acids is 1. The van der Waals surface area contributed by atoms with Gasteiger partial charge in [0.2, 0.25) is 0 Å². The third-order valence-electron chi connectivity index (χ3n) is 6.38. The minimum absolute atomic E-state index is 0.0291. The number of carbonyl (C=O) groups excluding carboxylic acids is 1. The van der Waals surface area contributed by atoms with Gasteiger partial charge in [0, 0.05) is 12.8 Å². The predicted molar refractivity (Wildman–Crippen MR) is 149 cm³/mol. The molecular weight excluding hydrogens is 436 g/mol. The molecule has 0 aliphatic rings. The maximum Gasteiger partial charge on any atom is 0.305 e. The van der Waals surface area contributed by atoms with Gasteiger partial charge in [-0.25, -0.2) is 0 Å². The highest BCUT2D eigenvalue weighted by atomic mass is 16.5. The quantitative estimate of drug-likeness (QED) is 0.0704. The normalized spacial score (nSPS) is 11.6. The van der Waals surface area contributed by atoms with Gasteiger partial charge in [0.1, 0.15) is 0 Å². The van der Waals surface area contributed by atoms with Crippen LogP contribution in [0.5, 0.6) is 0 Å². The van der Waals surface area contributed by atoms with E-state index in [1.165, 1.54) is 83.5 Å². The Bertz CT molecular complexity index is 524. The summed E-state index contributed by atoms with van der Waals surface area (Å²) in [6.45, 7) is 2.82. The van der Waals surface area contributed by atoms with Crippen molar-refractivity contribution >= 4 is 11.9 Å². The van der Waals surface area contributed by atoms with Crippen molar-refractivity contribution in [3.05, 3.63) is 24.3 Å². The molecule has 0 saturated heterocycles. The van der Waals surface area contributed by atoms with E-state index in [-0.39, 0.29) is 5.97 Å². The molecule has 0 aromatic heterocycles. The number of ether oxygens (including phenoxy) is 1. The lowest BCUT2D eigenvalue weighted by molar-refractivity contribution is -0.144. The summed E-state index contributed by atoms with van der Waals surface area (Å²) in [6.07, 6.45) is 34.5. The van der Waals surface area contributed by atoms with Crippen LogP contribution in [0.25, 0.3) is 0 Å². The number of carboxylic acid groups (broad SMARTS) is 1. The van der Waals surface area contributed by atoms with Gasteiger partial charge in [-0.1, -0.05) is 115 Å². The van der Waals surface area contributed by atoms with Gasteiger partial charge in [-0.3, -0.25) is 9.59 Å². The number of hydrogen-bond acceptors (Lipinski definition) is 3. The fourth-order valence-corrected chi connectivity index (χ4v) is 4.13. The predicted octanol–water partition coefficient (Wildman–Crippen LogP) is 9.72. The summed E-state index contributed by atoms with van der Waals surface area (Å²) in [7, 11) is 0. The van der Waals surface area contributed by atoms with Crippen molar-refractivity contribution < 1.29 is 19.4 Å². The fraction of sp³-hybridized carbons (Fsp3) is 0.806. The van der Waals surface area contributed by atoms with Crippen LogP contribution in [0.2, 0.25) is 0 Å². The van der Waals surface area contributed by atoms with E-state index >= 15 is 0 Å². The van der Waals surface area contributed by atoms with Gasteiger partial charge in [-0.15, -0.1) is 0 Å². The van der Waals surface area contributed by atoms with Crippen LogP contribution in [0, 0.1) is 0 Å². The van der Waals surface area contributed by atoms with Gasteiger partial charge >= 0.3 is 11.9 Å². The standard InChI is InChI=1S/C31H56O4/c1-2-3-4-5-6-7-8-9-10-11-12-16-19-22-25-28-31(34)35-29-26-23-20-17-14-13-15-18-21-24-27-30(32)33/h6-7,9-10H,2-5,8,11-29H2,1H3,(H,32,33)/b7-6-,10-9-. The minimum Gasteiger partial charge on any atom is -0.481 e. The number of aliphatic carboxylic acids is 1. The number of rotatable bonds is 27. The van der Waals surface area contributed by atoms with Crippen LogP contribution >= 0.6 is 0 Å². The van der Waals surface area contributed by atoms with E-state index < -0.39 is 5.97 Å². The molecule has 0 aromatic carbocycles. The number of allylic oxidation sites excluding steroid dienone is 4. The van der Waals surface area contributed by atoms with Crippen molar-refractivity contribution in [2.24, 2.45) is 0 Å². The minimum atomic E-state index is -0.683. The summed E-state index contributed by atoms with van der Waals surface area (Å²) in [5.74, 6) is -0.712. The number of esters is 1. The Morgan fingerprint density at radius 3 is 1.57 bits per heavy atom. The second kappa shape index (κ2) is 28.7. The molecule has 0 spiro atoms. The number of carbonyl (C=O) groups is 2. The molecule has 0 rings (SSSR count). The molecule has 0 radical (unpaired) electrons. The molecule has 0 bridgehead atoms. The topological polar surface area (TPSA) is 63.6 Å². The third kappa shape index (κ3) is 30.4. The van der Waals surface area contributed by atoms with Crippen LogP contribution in [0.3, 0.4) is 0 Å². The molecule has 0 aliphatic carbocycles. The Hall–Kier alpha value is -1.58. The molecule has 0 atom stereocenters. The molecule has 0 unspecified atom stereocenters. The second-order valence-electron chi connectivity index (χ2n) is 9.88. The number of unbranched alkanes of at least 4 members (excludes halogenated alkanes) is 17. The van der Waals surface area contributed by atoms with Crippen molar-refractivity contribution in [2.45, 2.75) is 155 Å². The van der Waals surface area contributed by atoms with E-state index in [0.29, 0.717) is 19.4 Å². The van der Waals surface area contributed by atoms with Gasteiger partial charge < -0.3 is 9.84 Å². The second-order valence-corrected chi connectivity index (χ2v) is 9.88. The van der Waals surface area contributed by atoms with Gasteiger partial charge in [-0.2, -0.15) is 0 Å². The zero-order valence-corrected chi connectivity index (χ0v) is 23.0. The van der Waals surface area contributed by atoms with Crippen LogP contribution in [0.4, 0.5) is 0 Å². The summed E-state index contributed by atoms with van der Waals surface area (Å²) < 4.78 is 5.37. The highest BCUT2D eigenvalue weighted by Gasteiger charge is 2.02. The van der Waals surface area contributed by atoms with Crippen molar-refractivity contribution in [3.8, 4) is 0 Å². The highest BCUT2D eigenvalue weighted by Crippen LogP contribution is 2.12. The first-order valence-corrected chi connectivity index (χ1v) is 14.8. The smallest absolute Gasteiger partial charge is 0.305 e. The van der Waals surface area contributed by atoms with Gasteiger partial charge in [0.15, 0.2) is 0 Å². The number of hydrogen-bond donors (Lipinski definition) is 1. The molecule has 0 fully saturated rings. The lowest BCUT2D eigenvalue weighted by Crippen LogP contribution is -2.05. The Morgan fingerprint density at radius 2 is 1.03 bits per heavy atom. The Balaban J connectivity index is 3.25. The molecule has 1 N–H and O–H groups in total. The lowest BCUT2D eigenvalue weighted by Gasteiger charge is -2.05. The fourth-order valence-electron chi connectivity index (χ4n) is 4.13. The maximum absolute atomic E-state index is 11.8. The van der Waals surface area contributed by atoms with E-state index in [4.69, 9.17) is 9.84 Å². The lowest BCUT2D eigenvalue weighted by atomic mass is 10.1. The molecule has 0 aromatic rings. The summed E-state index contributed by atoms with van der Waals surface area (Å²) >= 11 is 0. The van der Waals surface area contributed by atoms with Gasteiger partial charge in [0.25, 0.3) is 0 Å². The summed E-state index contributed by atoms with van der Waals surface area (Å²) in [5, 5.41) is 8.60. The molecule has 4 heteroatoms. The summed E-state index contributed by atoms with van der Waals surface area (Å²) in [4.78, 5) is 22.3. The Labute approximate surface area is 217 Å². The van der Waals surface area contributed by atoms with Crippen molar-refractivity contribution in [1.82, 2.24) is 0 Å². The first-order chi connectivity index (χ1) is 17.2. The molecule has 204 valence electrons. The molecule has 0 heterocycles. The first-order valence-electron chi connectivity index (χ1n) is 14.8. The van der Waals surface area contributed by atoms with Crippen molar-refractivity contribution in [2.75, 3.05) is 6.61 Å². The third-order valence-corrected chi connectivity index (χ3v) is 6.38. The highest BCUT2D eigenvalue weighted by molar-refractivity contribution is 5.69. The Morgan fingerprint density at radius 1 is 0.571 bits per heavy atom. The van der Waals surface area contributed by atoms with Crippen LogP contribution < -0.4 is 0 Å². The van der Waals surface area contributed by atoms with E-state index in [1.54, 1.807) is 0 Å². The average molecular weight is 493 g/mol. The SMILES string of the molecule is CCCCC/C=C\C/C=C\CCCCCCCC(=O)OCCCCCCCCCCCCC(=O)O. The van der Waals surface area contributed by atoms with E-state index in [0.717, 1.165) is 51.4 Å². The monoisotopic (exact) mass is 492 g/mol. The van der Waals surface area contributed by atoms with Crippen molar-refractivity contribution in [1.29, 1.82) is 0 Å². The van der Waals surface area contributed by atoms with E-state index in [9.17, 15) is 9.59 Å². The van der Waals surface area contributed by atoms with Crippen LogP contribution in [0.15, 0.2) is 24.3 Å². The molecule has 35 heavy (non-hydrogen) atoms. The molecule has 0 saturated carbocycles. The molecule has 0 amide bonds. The van der Waals surface area contributed by atoms with Crippen LogP contribution in [0.1, 0.15) is 155 Å². The molecular formula is C31H56O4. The van der Waals surface area contributed by atoms with Crippen LogP contribution in [-0.2, 0) is 14.3 Å². The summed E-state index contributed by atoms with van der Waals surface area (Å²) in [6, 6.07) is 0. The summed E-state index contributed by atoms with van der Waals surface area (Å²) in [5.41, 5.74) is 0. The largest absolute Gasteiger partial charge is 0.481 e. The zero-order valence-electron chi connectivity index (χ0n) is 23.0. The van der Waals surface area contributed by atoms with Crippen molar-refractivity contribution in [3.63, 3.8) is 0 Å².